The highest BCUT2D eigenvalue weighted by atomic mass is 16.5. The summed E-state index contributed by atoms with van der Waals surface area (Å²) in [6.07, 6.45) is 1.00. The van der Waals surface area contributed by atoms with E-state index in [1.807, 2.05) is 37.3 Å². The third-order valence-electron chi connectivity index (χ3n) is 2.60. The van der Waals surface area contributed by atoms with Gasteiger partial charge in [0.2, 0.25) is 0 Å². The Balaban J connectivity index is 0.000000982. The average molecular weight is 260 g/mol. The van der Waals surface area contributed by atoms with E-state index in [4.69, 9.17) is 7.85 Å². The first-order chi connectivity index (χ1) is 8.89. The summed E-state index contributed by atoms with van der Waals surface area (Å²) in [4.78, 5) is 23.4. The molecule has 102 valence electrons. The molecule has 0 aliphatic heterocycles. The Morgan fingerprint density at radius 3 is 2.11 bits per heavy atom. The summed E-state index contributed by atoms with van der Waals surface area (Å²) in [6.45, 7) is 5.08. The van der Waals surface area contributed by atoms with Crippen LogP contribution in [0.1, 0.15) is 26.3 Å². The first-order valence-electron chi connectivity index (χ1n) is 6.25. The molecule has 1 aromatic carbocycles. The van der Waals surface area contributed by atoms with Crippen LogP contribution in [0.5, 0.6) is 0 Å². The molecule has 4 heteroatoms. The van der Waals surface area contributed by atoms with Crippen molar-refractivity contribution in [2.45, 2.75) is 33.5 Å². The van der Waals surface area contributed by atoms with Gasteiger partial charge in [0.15, 0.2) is 5.78 Å². The van der Waals surface area contributed by atoms with Crippen molar-refractivity contribution in [3.8, 4) is 0 Å². The topological polar surface area (TPSA) is 43.4 Å². The van der Waals surface area contributed by atoms with Crippen LogP contribution in [0.4, 0.5) is 0 Å². The van der Waals surface area contributed by atoms with E-state index in [9.17, 15) is 9.59 Å². The number of methoxy groups -OCH3 is 1. The predicted octanol–water partition coefficient (Wildman–Crippen LogP) is 2.59. The van der Waals surface area contributed by atoms with E-state index < -0.39 is 11.4 Å². The quantitative estimate of drug-likeness (QED) is 0.474. The van der Waals surface area contributed by atoms with Crippen LogP contribution in [0, 0.1) is 5.41 Å². The minimum absolute atomic E-state index is 0.134. The van der Waals surface area contributed by atoms with Crippen molar-refractivity contribution in [3.63, 3.8) is 0 Å². The van der Waals surface area contributed by atoms with Gasteiger partial charge >= 0.3 is 5.97 Å². The third kappa shape index (κ3) is 5.73. The monoisotopic (exact) mass is 260 g/mol. The molecule has 0 bridgehead atoms. The maximum Gasteiger partial charge on any atom is 0.318 e. The standard InChI is InChI=1S/C13H16O3.C2H5B/c1-13(2,12(15)16-3)11(14)9-10-7-5-4-6-8-10;1-2-3/h4-8H,9H2,1-3H3;2H2,1H3. The van der Waals surface area contributed by atoms with Crippen LogP contribution < -0.4 is 0 Å². The van der Waals surface area contributed by atoms with Crippen molar-refractivity contribution < 1.29 is 14.3 Å². The number of Topliss-reactive ketones (excluding diaryl/α,β-unsaturated/α-hetero) is 1. The van der Waals surface area contributed by atoms with Gasteiger partial charge in [-0.25, -0.2) is 0 Å². The molecule has 0 spiro atoms. The number of esters is 1. The Morgan fingerprint density at radius 2 is 1.68 bits per heavy atom. The lowest BCUT2D eigenvalue weighted by Gasteiger charge is -2.19. The molecule has 0 saturated heterocycles. The number of carbonyl (C=O) groups excluding carboxylic acids is 2. The van der Waals surface area contributed by atoms with E-state index in [1.165, 1.54) is 7.11 Å². The van der Waals surface area contributed by atoms with Gasteiger partial charge in [-0.15, -0.1) is 0 Å². The highest BCUT2D eigenvalue weighted by Gasteiger charge is 2.36. The Labute approximate surface area is 116 Å². The fourth-order valence-corrected chi connectivity index (χ4v) is 1.37. The zero-order valence-electron chi connectivity index (χ0n) is 12.1. The summed E-state index contributed by atoms with van der Waals surface area (Å²) >= 11 is 0. The molecule has 1 rings (SSSR count). The van der Waals surface area contributed by atoms with Crippen molar-refractivity contribution in [2.75, 3.05) is 7.11 Å². The van der Waals surface area contributed by atoms with Crippen molar-refractivity contribution >= 4 is 19.6 Å². The molecule has 0 amide bonds. The van der Waals surface area contributed by atoms with Gasteiger partial charge in [-0.2, -0.15) is 0 Å². The molecule has 0 aliphatic rings. The van der Waals surface area contributed by atoms with Gasteiger partial charge < -0.3 is 4.74 Å². The molecule has 0 saturated carbocycles. The number of carbonyl (C=O) groups is 2. The lowest BCUT2D eigenvalue weighted by Crippen LogP contribution is -2.35. The number of hydrogen-bond donors (Lipinski definition) is 0. The van der Waals surface area contributed by atoms with Crippen LogP contribution in [0.15, 0.2) is 30.3 Å². The third-order valence-corrected chi connectivity index (χ3v) is 2.60. The summed E-state index contributed by atoms with van der Waals surface area (Å²) in [5.41, 5.74) is -0.172. The Morgan fingerprint density at radius 1 is 1.21 bits per heavy atom. The number of benzene rings is 1. The molecular weight excluding hydrogens is 239 g/mol. The van der Waals surface area contributed by atoms with E-state index in [-0.39, 0.29) is 12.2 Å². The molecule has 0 aromatic heterocycles. The van der Waals surface area contributed by atoms with Crippen LogP contribution in [0.2, 0.25) is 6.32 Å². The van der Waals surface area contributed by atoms with Gasteiger partial charge in [-0.3, -0.25) is 9.59 Å². The van der Waals surface area contributed by atoms with Crippen molar-refractivity contribution in [2.24, 2.45) is 5.41 Å². The molecule has 3 nitrogen and oxygen atoms in total. The van der Waals surface area contributed by atoms with Gasteiger partial charge in [-0.1, -0.05) is 43.6 Å². The molecule has 0 heterocycles. The number of ketones is 1. The first kappa shape index (κ1) is 17.4. The molecule has 19 heavy (non-hydrogen) atoms. The van der Waals surface area contributed by atoms with Crippen molar-refractivity contribution in [1.82, 2.24) is 0 Å². The summed E-state index contributed by atoms with van der Waals surface area (Å²) in [5.74, 6) is -0.626. The van der Waals surface area contributed by atoms with E-state index >= 15 is 0 Å². The van der Waals surface area contributed by atoms with Crippen LogP contribution in [-0.2, 0) is 20.7 Å². The largest absolute Gasteiger partial charge is 0.468 e. The number of hydrogen-bond acceptors (Lipinski definition) is 3. The highest BCUT2D eigenvalue weighted by Crippen LogP contribution is 2.20. The Hall–Kier alpha value is -1.58. The van der Waals surface area contributed by atoms with Crippen LogP contribution >= 0.6 is 0 Å². The first-order valence-corrected chi connectivity index (χ1v) is 6.25. The van der Waals surface area contributed by atoms with Gasteiger partial charge in [0.05, 0.1) is 15.0 Å². The lowest BCUT2D eigenvalue weighted by molar-refractivity contribution is -0.155. The van der Waals surface area contributed by atoms with E-state index in [0.29, 0.717) is 0 Å². The molecule has 0 atom stereocenters. The van der Waals surface area contributed by atoms with Crippen LogP contribution in [0.3, 0.4) is 0 Å². The second-order valence-electron chi connectivity index (χ2n) is 4.61. The minimum atomic E-state index is -1.08. The average Bonchev–Trinajstić information content (AvgIpc) is 2.39. The van der Waals surface area contributed by atoms with Gasteiger partial charge in [0, 0.05) is 6.42 Å². The molecule has 0 fully saturated rings. The summed E-state index contributed by atoms with van der Waals surface area (Å²) in [6, 6.07) is 9.36. The van der Waals surface area contributed by atoms with E-state index in [0.717, 1.165) is 11.9 Å². The second-order valence-corrected chi connectivity index (χ2v) is 4.61. The molecule has 1 aromatic rings. The Bertz CT molecular complexity index is 399. The molecule has 0 aliphatic carbocycles. The smallest absolute Gasteiger partial charge is 0.318 e. The highest BCUT2D eigenvalue weighted by molar-refractivity contribution is 6.08. The van der Waals surface area contributed by atoms with Crippen LogP contribution in [0.25, 0.3) is 0 Å². The molecule has 2 radical (unpaired) electrons. The van der Waals surface area contributed by atoms with Gasteiger partial charge in [0.1, 0.15) is 5.41 Å². The zero-order chi connectivity index (χ0) is 14.9. The predicted molar refractivity (Wildman–Crippen MR) is 77.2 cm³/mol. The molecule has 0 unspecified atom stereocenters. The zero-order valence-corrected chi connectivity index (χ0v) is 12.1. The van der Waals surface area contributed by atoms with Gasteiger partial charge in [-0.05, 0) is 19.4 Å². The van der Waals surface area contributed by atoms with E-state index in [2.05, 4.69) is 4.74 Å². The SMILES string of the molecule is COC(=O)C(C)(C)C(=O)Cc1ccccc1.[B]CC. The van der Waals surface area contributed by atoms with E-state index in [1.54, 1.807) is 13.8 Å². The summed E-state index contributed by atoms with van der Waals surface area (Å²) < 4.78 is 4.61. The maximum absolute atomic E-state index is 11.9. The van der Waals surface area contributed by atoms with Gasteiger partial charge in [0.25, 0.3) is 0 Å². The number of rotatable bonds is 4. The Kier molecular flexibility index (Phi) is 7.81. The minimum Gasteiger partial charge on any atom is -0.468 e. The normalized spacial score (nSPS) is 10.1. The fourth-order valence-electron chi connectivity index (χ4n) is 1.37. The molecule has 0 N–H and O–H groups in total. The summed E-state index contributed by atoms with van der Waals surface area (Å²) in [5, 5.41) is 0. The fraction of sp³-hybridized carbons (Fsp3) is 0.467. The second kappa shape index (κ2) is 8.51. The maximum atomic E-state index is 11.9. The summed E-state index contributed by atoms with van der Waals surface area (Å²) in [7, 11) is 6.14. The van der Waals surface area contributed by atoms with Crippen molar-refractivity contribution in [3.05, 3.63) is 35.9 Å². The van der Waals surface area contributed by atoms with Crippen LogP contribution in [-0.4, -0.2) is 26.7 Å². The lowest BCUT2D eigenvalue weighted by atomic mass is 9.85. The van der Waals surface area contributed by atoms with Crippen molar-refractivity contribution in [1.29, 1.82) is 0 Å². The number of ether oxygens (including phenoxy) is 1. The molecular formula is C15H21BO3.